The van der Waals surface area contributed by atoms with Gasteiger partial charge in [-0.15, -0.1) is 0 Å². The van der Waals surface area contributed by atoms with Gasteiger partial charge >= 0.3 is 5.97 Å². The van der Waals surface area contributed by atoms with Crippen LogP contribution in [0.25, 0.3) is 0 Å². The first kappa shape index (κ1) is 25.4. The number of carboxylic acids is 1. The molecule has 1 aromatic rings. The van der Waals surface area contributed by atoms with Gasteiger partial charge in [-0.2, -0.15) is 0 Å². The number of benzene rings is 1. The summed E-state index contributed by atoms with van der Waals surface area (Å²) in [7, 11) is -0.171. The Bertz CT molecular complexity index is 676. The lowest BCUT2D eigenvalue weighted by Gasteiger charge is -2.36. The van der Waals surface area contributed by atoms with Gasteiger partial charge in [0.15, 0.2) is 13.9 Å². The molecule has 1 N–H and O–H groups in total. The molecule has 0 amide bonds. The highest BCUT2D eigenvalue weighted by Crippen LogP contribution is 2.36. The van der Waals surface area contributed by atoms with Crippen molar-refractivity contribution in [3.63, 3.8) is 0 Å². The standard InChI is InChI=1S/C23H38O5Si/c1-18(16-28-29(7,8)22(2,3)4)10-9-15-23(5,21(24)25)27-17-19-11-13-20(26-6)14-12-19/h9-14,18H,15-17H2,1-8H3,(H,24,25)/b10-9+/t18-,23-/m1/s1. The molecule has 6 heteroatoms. The first-order valence-corrected chi connectivity index (χ1v) is 13.0. The van der Waals surface area contributed by atoms with E-state index in [4.69, 9.17) is 13.9 Å². The molecule has 1 aromatic carbocycles. The number of rotatable bonds is 11. The van der Waals surface area contributed by atoms with Gasteiger partial charge in [-0.25, -0.2) is 4.79 Å². The predicted molar refractivity (Wildman–Crippen MR) is 120 cm³/mol. The maximum absolute atomic E-state index is 11.8. The lowest BCUT2D eigenvalue weighted by Crippen LogP contribution is -2.41. The molecule has 0 saturated heterocycles. The molecule has 0 unspecified atom stereocenters. The second-order valence-corrected chi connectivity index (χ2v) is 14.2. The maximum atomic E-state index is 11.8. The van der Waals surface area contributed by atoms with Crippen LogP contribution < -0.4 is 4.74 Å². The zero-order valence-corrected chi connectivity index (χ0v) is 20.2. The molecule has 0 aromatic heterocycles. The van der Waals surface area contributed by atoms with E-state index in [0.29, 0.717) is 13.0 Å². The lowest BCUT2D eigenvalue weighted by atomic mass is 10.0. The van der Waals surface area contributed by atoms with E-state index < -0.39 is 19.9 Å². The summed E-state index contributed by atoms with van der Waals surface area (Å²) in [5.41, 5.74) is -0.380. The summed E-state index contributed by atoms with van der Waals surface area (Å²) in [6.45, 7) is 15.7. The summed E-state index contributed by atoms with van der Waals surface area (Å²) in [5.74, 6) is -0.00354. The Morgan fingerprint density at radius 1 is 1.17 bits per heavy atom. The van der Waals surface area contributed by atoms with Crippen LogP contribution in [-0.4, -0.2) is 38.7 Å². The van der Waals surface area contributed by atoms with Crippen molar-refractivity contribution in [1.29, 1.82) is 0 Å². The quantitative estimate of drug-likeness (QED) is 0.368. The Hall–Kier alpha value is -1.63. The summed E-state index contributed by atoms with van der Waals surface area (Å²) >= 11 is 0. The van der Waals surface area contributed by atoms with Crippen molar-refractivity contribution in [1.82, 2.24) is 0 Å². The van der Waals surface area contributed by atoms with E-state index in [9.17, 15) is 9.90 Å². The van der Waals surface area contributed by atoms with Crippen LogP contribution in [0.4, 0.5) is 0 Å². The first-order chi connectivity index (χ1) is 13.3. The number of ether oxygens (including phenoxy) is 2. The molecule has 1 rings (SSSR count). The zero-order valence-electron chi connectivity index (χ0n) is 19.2. The van der Waals surface area contributed by atoms with Crippen LogP contribution in [-0.2, 0) is 20.6 Å². The minimum atomic E-state index is -1.78. The van der Waals surface area contributed by atoms with Crippen LogP contribution in [0.5, 0.6) is 5.75 Å². The SMILES string of the molecule is COc1ccc(CO[C@](C)(C/C=C/[C@@H](C)CO[Si](C)(C)C(C)(C)C)C(=O)O)cc1. The second-order valence-electron chi connectivity index (χ2n) is 9.35. The van der Waals surface area contributed by atoms with E-state index in [1.165, 1.54) is 0 Å². The number of carboxylic acid groups (broad SMARTS) is 1. The molecule has 0 aliphatic rings. The van der Waals surface area contributed by atoms with Gasteiger partial charge in [0.25, 0.3) is 0 Å². The molecule has 0 fully saturated rings. The fraction of sp³-hybridized carbons (Fsp3) is 0.609. The van der Waals surface area contributed by atoms with Crippen LogP contribution in [0.15, 0.2) is 36.4 Å². The molecule has 0 aliphatic carbocycles. The van der Waals surface area contributed by atoms with Crippen molar-refractivity contribution in [2.75, 3.05) is 13.7 Å². The predicted octanol–water partition coefficient (Wildman–Crippen LogP) is 5.66. The highest BCUT2D eigenvalue weighted by Gasteiger charge is 2.37. The van der Waals surface area contributed by atoms with Gasteiger partial charge in [0.1, 0.15) is 5.75 Å². The number of hydrogen-bond donors (Lipinski definition) is 1. The van der Waals surface area contributed by atoms with Crippen LogP contribution in [0.1, 0.15) is 46.6 Å². The maximum Gasteiger partial charge on any atom is 0.336 e. The molecule has 0 spiro atoms. The van der Waals surface area contributed by atoms with E-state index in [0.717, 1.165) is 11.3 Å². The summed E-state index contributed by atoms with van der Waals surface area (Å²) in [4.78, 5) is 11.8. The summed E-state index contributed by atoms with van der Waals surface area (Å²) in [5, 5.41) is 9.83. The molecule has 0 bridgehead atoms. The topological polar surface area (TPSA) is 65.0 Å². The highest BCUT2D eigenvalue weighted by molar-refractivity contribution is 6.74. The smallest absolute Gasteiger partial charge is 0.336 e. The zero-order chi connectivity index (χ0) is 22.3. The van der Waals surface area contributed by atoms with Crippen molar-refractivity contribution >= 4 is 14.3 Å². The minimum Gasteiger partial charge on any atom is -0.497 e. The van der Waals surface area contributed by atoms with Crippen LogP contribution >= 0.6 is 0 Å². The van der Waals surface area contributed by atoms with Crippen LogP contribution in [0, 0.1) is 5.92 Å². The molecule has 0 saturated carbocycles. The number of aliphatic carboxylic acids is 1. The third-order valence-electron chi connectivity index (χ3n) is 5.65. The molecular weight excluding hydrogens is 384 g/mol. The normalized spacial score (nSPS) is 15.9. The van der Waals surface area contributed by atoms with Crippen LogP contribution in [0.3, 0.4) is 0 Å². The fourth-order valence-electron chi connectivity index (χ4n) is 2.31. The van der Waals surface area contributed by atoms with Gasteiger partial charge in [0.05, 0.1) is 13.7 Å². The second kappa shape index (κ2) is 10.4. The summed E-state index contributed by atoms with van der Waals surface area (Å²) in [6.07, 6.45) is 4.20. The van der Waals surface area contributed by atoms with Gasteiger partial charge in [0, 0.05) is 13.0 Å². The summed E-state index contributed by atoms with van der Waals surface area (Å²) in [6, 6.07) is 7.41. The van der Waals surface area contributed by atoms with Crippen molar-refractivity contribution in [2.45, 2.75) is 71.4 Å². The van der Waals surface area contributed by atoms with E-state index >= 15 is 0 Å². The number of methoxy groups -OCH3 is 1. The van der Waals surface area contributed by atoms with Crippen molar-refractivity contribution < 1.29 is 23.8 Å². The average molecular weight is 423 g/mol. The number of carbonyl (C=O) groups is 1. The number of hydrogen-bond acceptors (Lipinski definition) is 4. The largest absolute Gasteiger partial charge is 0.497 e. The third kappa shape index (κ3) is 7.95. The van der Waals surface area contributed by atoms with Crippen molar-refractivity contribution in [3.8, 4) is 5.75 Å². The van der Waals surface area contributed by atoms with E-state index in [1.807, 2.05) is 36.4 Å². The Balaban J connectivity index is 2.62. The minimum absolute atomic E-state index is 0.174. The van der Waals surface area contributed by atoms with Gasteiger partial charge in [-0.1, -0.05) is 52.0 Å². The van der Waals surface area contributed by atoms with E-state index in [2.05, 4.69) is 40.8 Å². The van der Waals surface area contributed by atoms with E-state index in [1.54, 1.807) is 14.0 Å². The monoisotopic (exact) mass is 422 g/mol. The van der Waals surface area contributed by atoms with E-state index in [-0.39, 0.29) is 17.6 Å². The van der Waals surface area contributed by atoms with Crippen molar-refractivity contribution in [3.05, 3.63) is 42.0 Å². The molecule has 164 valence electrons. The van der Waals surface area contributed by atoms with Gasteiger partial charge in [-0.3, -0.25) is 0 Å². The Kier molecular flexibility index (Phi) is 9.12. The van der Waals surface area contributed by atoms with Gasteiger partial charge in [-0.05, 0) is 48.7 Å². The molecular formula is C23H38O5Si. The molecule has 0 aliphatic heterocycles. The molecule has 0 heterocycles. The molecule has 29 heavy (non-hydrogen) atoms. The first-order valence-electron chi connectivity index (χ1n) is 10.1. The lowest BCUT2D eigenvalue weighted by molar-refractivity contribution is -0.164. The Labute approximate surface area is 177 Å². The van der Waals surface area contributed by atoms with Gasteiger partial charge < -0.3 is 19.0 Å². The Morgan fingerprint density at radius 3 is 2.24 bits per heavy atom. The van der Waals surface area contributed by atoms with Crippen LogP contribution in [0.2, 0.25) is 18.1 Å². The fourth-order valence-corrected chi connectivity index (χ4v) is 3.42. The molecule has 0 radical (unpaired) electrons. The van der Waals surface area contributed by atoms with Gasteiger partial charge in [0.2, 0.25) is 0 Å². The van der Waals surface area contributed by atoms with Crippen molar-refractivity contribution in [2.24, 2.45) is 5.92 Å². The third-order valence-corrected chi connectivity index (χ3v) is 10.2. The highest BCUT2D eigenvalue weighted by atomic mass is 28.4. The Morgan fingerprint density at radius 2 is 1.76 bits per heavy atom. The average Bonchev–Trinajstić information content (AvgIpc) is 2.64. The molecule has 2 atom stereocenters. The summed E-state index contributed by atoms with van der Waals surface area (Å²) < 4.78 is 17.2. The molecule has 5 nitrogen and oxygen atoms in total.